The zero-order valence-electron chi connectivity index (χ0n) is 12.4. The van der Waals surface area contributed by atoms with Gasteiger partial charge < -0.3 is 15.3 Å². The molecule has 1 aliphatic rings. The van der Waals surface area contributed by atoms with Crippen LogP contribution in [0.15, 0.2) is 0 Å². The van der Waals surface area contributed by atoms with Gasteiger partial charge in [-0.05, 0) is 12.3 Å². The average Bonchev–Trinajstić information content (AvgIpc) is 2.69. The number of aliphatic carboxylic acids is 1. The molecule has 2 atom stereocenters. The van der Waals surface area contributed by atoms with E-state index in [0.717, 1.165) is 0 Å². The summed E-state index contributed by atoms with van der Waals surface area (Å²) >= 11 is 0. The van der Waals surface area contributed by atoms with Crippen LogP contribution in [0.1, 0.15) is 33.6 Å². The Morgan fingerprint density at radius 2 is 2.05 bits per heavy atom. The minimum atomic E-state index is -0.863. The van der Waals surface area contributed by atoms with Crippen molar-refractivity contribution < 1.29 is 19.5 Å². The molecule has 114 valence electrons. The van der Waals surface area contributed by atoms with Gasteiger partial charge in [0.2, 0.25) is 11.8 Å². The van der Waals surface area contributed by atoms with Crippen LogP contribution in [0.5, 0.6) is 0 Å². The number of rotatable bonds is 7. The molecule has 1 saturated heterocycles. The maximum absolute atomic E-state index is 11.9. The van der Waals surface area contributed by atoms with Gasteiger partial charge in [-0.2, -0.15) is 0 Å². The minimum absolute atomic E-state index is 0.0257. The maximum atomic E-state index is 11.9. The van der Waals surface area contributed by atoms with Crippen molar-refractivity contribution in [3.63, 3.8) is 0 Å². The summed E-state index contributed by atoms with van der Waals surface area (Å²) in [6.45, 7) is 7.16. The lowest BCUT2D eigenvalue weighted by molar-refractivity contribution is -0.141. The van der Waals surface area contributed by atoms with E-state index in [1.165, 1.54) is 0 Å². The van der Waals surface area contributed by atoms with Crippen molar-refractivity contribution in [1.29, 1.82) is 0 Å². The van der Waals surface area contributed by atoms with E-state index in [1.807, 2.05) is 13.8 Å². The van der Waals surface area contributed by atoms with E-state index in [0.29, 0.717) is 32.0 Å². The Labute approximate surface area is 119 Å². The van der Waals surface area contributed by atoms with Gasteiger partial charge >= 0.3 is 5.97 Å². The third-order valence-corrected chi connectivity index (χ3v) is 3.47. The molecule has 2 amide bonds. The highest BCUT2D eigenvalue weighted by molar-refractivity contribution is 5.89. The standard InChI is InChI=1S/C14H24N2O4/c1-9(2)7-16-8-11(6-12(16)17)13(18)15-5-4-10(3)14(19)20/h9-11H,4-8H2,1-3H3,(H,15,18)(H,19,20). The summed E-state index contributed by atoms with van der Waals surface area (Å²) in [6.07, 6.45) is 0.657. The Kier molecular flexibility index (Phi) is 5.98. The molecule has 0 aliphatic carbocycles. The monoisotopic (exact) mass is 284 g/mol. The number of nitrogens with zero attached hydrogens (tertiary/aromatic N) is 1. The van der Waals surface area contributed by atoms with Crippen molar-refractivity contribution in [2.45, 2.75) is 33.6 Å². The molecule has 0 radical (unpaired) electrons. The van der Waals surface area contributed by atoms with E-state index in [1.54, 1.807) is 11.8 Å². The van der Waals surface area contributed by atoms with Crippen molar-refractivity contribution in [1.82, 2.24) is 10.2 Å². The zero-order chi connectivity index (χ0) is 15.3. The molecule has 20 heavy (non-hydrogen) atoms. The Bertz CT molecular complexity index is 381. The molecule has 0 aromatic carbocycles. The molecule has 0 bridgehead atoms. The Hall–Kier alpha value is -1.59. The smallest absolute Gasteiger partial charge is 0.306 e. The number of carboxylic acid groups (broad SMARTS) is 1. The first kappa shape index (κ1) is 16.5. The summed E-state index contributed by atoms with van der Waals surface area (Å²) in [7, 11) is 0. The number of carbonyl (C=O) groups excluding carboxylic acids is 2. The first-order valence-electron chi connectivity index (χ1n) is 7.09. The van der Waals surface area contributed by atoms with Crippen LogP contribution in [0.3, 0.4) is 0 Å². The maximum Gasteiger partial charge on any atom is 0.306 e. The van der Waals surface area contributed by atoms with Gasteiger partial charge in [0.05, 0.1) is 11.8 Å². The van der Waals surface area contributed by atoms with Gasteiger partial charge in [-0.1, -0.05) is 20.8 Å². The highest BCUT2D eigenvalue weighted by atomic mass is 16.4. The third-order valence-electron chi connectivity index (χ3n) is 3.47. The molecule has 1 aliphatic heterocycles. The van der Waals surface area contributed by atoms with Gasteiger partial charge in [-0.3, -0.25) is 14.4 Å². The molecular weight excluding hydrogens is 260 g/mol. The predicted octanol–water partition coefficient (Wildman–Crippen LogP) is 0.718. The lowest BCUT2D eigenvalue weighted by Crippen LogP contribution is -2.35. The topological polar surface area (TPSA) is 86.7 Å². The molecular formula is C14H24N2O4. The SMILES string of the molecule is CC(C)CN1CC(C(=O)NCCC(C)C(=O)O)CC1=O. The highest BCUT2D eigenvalue weighted by Gasteiger charge is 2.34. The van der Waals surface area contributed by atoms with Crippen molar-refractivity contribution in [2.24, 2.45) is 17.8 Å². The fourth-order valence-corrected chi connectivity index (χ4v) is 2.24. The van der Waals surface area contributed by atoms with E-state index in [-0.39, 0.29) is 24.2 Å². The molecule has 1 fully saturated rings. The van der Waals surface area contributed by atoms with Crippen LogP contribution in [0.2, 0.25) is 0 Å². The van der Waals surface area contributed by atoms with Gasteiger partial charge in [0.25, 0.3) is 0 Å². The van der Waals surface area contributed by atoms with Gasteiger partial charge in [0.15, 0.2) is 0 Å². The van der Waals surface area contributed by atoms with Crippen LogP contribution in [0.25, 0.3) is 0 Å². The quantitative estimate of drug-likeness (QED) is 0.721. The van der Waals surface area contributed by atoms with Crippen molar-refractivity contribution in [3.8, 4) is 0 Å². The summed E-state index contributed by atoms with van der Waals surface area (Å²) in [5.74, 6) is -1.38. The van der Waals surface area contributed by atoms with Crippen LogP contribution >= 0.6 is 0 Å². The van der Waals surface area contributed by atoms with Gasteiger partial charge in [0, 0.05) is 26.1 Å². The second-order valence-electron chi connectivity index (χ2n) is 5.91. The number of likely N-dealkylation sites (tertiary alicyclic amines) is 1. The number of nitrogens with one attached hydrogen (secondary N) is 1. The summed E-state index contributed by atoms with van der Waals surface area (Å²) in [5.41, 5.74) is 0. The number of carboxylic acids is 1. The van der Waals surface area contributed by atoms with Gasteiger partial charge in [-0.15, -0.1) is 0 Å². The highest BCUT2D eigenvalue weighted by Crippen LogP contribution is 2.19. The van der Waals surface area contributed by atoms with Crippen LogP contribution in [-0.4, -0.2) is 47.4 Å². The third kappa shape index (κ3) is 4.83. The van der Waals surface area contributed by atoms with Crippen LogP contribution in [0.4, 0.5) is 0 Å². The molecule has 2 N–H and O–H groups in total. The Balaban J connectivity index is 2.34. The van der Waals surface area contributed by atoms with E-state index in [4.69, 9.17) is 5.11 Å². The van der Waals surface area contributed by atoms with Crippen LogP contribution in [0, 0.1) is 17.8 Å². The second-order valence-corrected chi connectivity index (χ2v) is 5.91. The fourth-order valence-electron chi connectivity index (χ4n) is 2.24. The molecule has 6 nitrogen and oxygen atoms in total. The molecule has 0 saturated carbocycles. The van der Waals surface area contributed by atoms with Gasteiger partial charge in [-0.25, -0.2) is 0 Å². The van der Waals surface area contributed by atoms with Crippen molar-refractivity contribution in [2.75, 3.05) is 19.6 Å². The summed E-state index contributed by atoms with van der Waals surface area (Å²) in [5, 5.41) is 11.5. The second kappa shape index (κ2) is 7.26. The van der Waals surface area contributed by atoms with Crippen molar-refractivity contribution >= 4 is 17.8 Å². The van der Waals surface area contributed by atoms with E-state index >= 15 is 0 Å². The van der Waals surface area contributed by atoms with Gasteiger partial charge in [0.1, 0.15) is 0 Å². The molecule has 2 unspecified atom stereocenters. The molecule has 1 rings (SSSR count). The molecule has 0 spiro atoms. The van der Waals surface area contributed by atoms with Crippen LogP contribution in [-0.2, 0) is 14.4 Å². The molecule has 0 aromatic heterocycles. The minimum Gasteiger partial charge on any atom is -0.481 e. The average molecular weight is 284 g/mol. The van der Waals surface area contributed by atoms with E-state index in [2.05, 4.69) is 5.32 Å². The predicted molar refractivity (Wildman–Crippen MR) is 74.0 cm³/mol. The van der Waals surface area contributed by atoms with Crippen LogP contribution < -0.4 is 5.32 Å². The lowest BCUT2D eigenvalue weighted by Gasteiger charge is -2.18. The Morgan fingerprint density at radius 1 is 1.40 bits per heavy atom. The number of carbonyl (C=O) groups is 3. The fraction of sp³-hybridized carbons (Fsp3) is 0.786. The van der Waals surface area contributed by atoms with Crippen molar-refractivity contribution in [3.05, 3.63) is 0 Å². The van der Waals surface area contributed by atoms with E-state index in [9.17, 15) is 14.4 Å². The largest absolute Gasteiger partial charge is 0.481 e. The molecule has 0 aromatic rings. The lowest BCUT2D eigenvalue weighted by atomic mass is 10.1. The Morgan fingerprint density at radius 3 is 2.60 bits per heavy atom. The normalized spacial score (nSPS) is 20.3. The first-order chi connectivity index (χ1) is 9.31. The number of hydrogen-bond donors (Lipinski definition) is 2. The zero-order valence-corrected chi connectivity index (χ0v) is 12.4. The number of hydrogen-bond acceptors (Lipinski definition) is 3. The van der Waals surface area contributed by atoms with E-state index < -0.39 is 11.9 Å². The molecule has 6 heteroatoms. The summed E-state index contributed by atoms with van der Waals surface area (Å²) in [6, 6.07) is 0. The number of amides is 2. The summed E-state index contributed by atoms with van der Waals surface area (Å²) < 4.78 is 0. The summed E-state index contributed by atoms with van der Waals surface area (Å²) in [4.78, 5) is 36.1. The molecule has 1 heterocycles. The first-order valence-corrected chi connectivity index (χ1v) is 7.09.